The van der Waals surface area contributed by atoms with Gasteiger partial charge in [-0.05, 0) is 47.7 Å². The Morgan fingerprint density at radius 1 is 1.13 bits per heavy atom. The van der Waals surface area contributed by atoms with Crippen LogP contribution < -0.4 is 9.47 Å². The van der Waals surface area contributed by atoms with Crippen LogP contribution in [0, 0.1) is 0 Å². The number of hydrogen-bond acceptors (Lipinski definition) is 7. The first kappa shape index (κ1) is 26.0. The second kappa shape index (κ2) is 10.6. The van der Waals surface area contributed by atoms with Crippen LogP contribution in [0.1, 0.15) is 25.7 Å². The summed E-state index contributed by atoms with van der Waals surface area (Å²) in [6, 6.07) is 19.4. The van der Waals surface area contributed by atoms with Gasteiger partial charge in [-0.15, -0.1) is 0 Å². The van der Waals surface area contributed by atoms with E-state index in [1.165, 1.54) is 11.8 Å². The van der Waals surface area contributed by atoms with E-state index in [0.29, 0.717) is 17.9 Å². The SMILES string of the molecule is CCC(=Cc1oc2ccc3ccccc3c2[n+]1CCCS(=O)(=O)[O-])C=C1Sc2ccccc2N1CC(=O)O. The number of oxazole rings is 1. The van der Waals surface area contributed by atoms with Crippen molar-refractivity contribution in [2.75, 3.05) is 17.2 Å². The number of aromatic nitrogens is 1. The largest absolute Gasteiger partial charge is 0.748 e. The molecule has 0 saturated carbocycles. The summed E-state index contributed by atoms with van der Waals surface area (Å²) in [7, 11) is -4.35. The molecular formula is C28H26N2O6S2. The molecule has 0 fully saturated rings. The molecule has 10 heteroatoms. The number of benzene rings is 3. The highest BCUT2D eigenvalue weighted by atomic mass is 32.2. The molecule has 0 atom stereocenters. The fourth-order valence-corrected chi connectivity index (χ4v) is 6.25. The summed E-state index contributed by atoms with van der Waals surface area (Å²) < 4.78 is 42.0. The Kier molecular flexibility index (Phi) is 7.29. The lowest BCUT2D eigenvalue weighted by molar-refractivity contribution is -0.677. The predicted molar refractivity (Wildman–Crippen MR) is 147 cm³/mol. The van der Waals surface area contributed by atoms with Gasteiger partial charge in [-0.25, -0.2) is 8.42 Å². The van der Waals surface area contributed by atoms with E-state index in [0.717, 1.165) is 37.5 Å². The smallest absolute Gasteiger partial charge is 0.374 e. The van der Waals surface area contributed by atoms with Gasteiger partial charge in [-0.1, -0.05) is 55.1 Å². The normalized spacial score (nSPS) is 15.1. The third-order valence-corrected chi connectivity index (χ3v) is 8.25. The number of carboxylic acid groups (broad SMARTS) is 1. The molecule has 0 spiro atoms. The number of rotatable bonds is 9. The molecule has 196 valence electrons. The number of anilines is 1. The summed E-state index contributed by atoms with van der Waals surface area (Å²) >= 11 is 1.51. The summed E-state index contributed by atoms with van der Waals surface area (Å²) in [4.78, 5) is 14.4. The summed E-state index contributed by atoms with van der Waals surface area (Å²) in [5.41, 5.74) is 3.24. The zero-order valence-electron chi connectivity index (χ0n) is 20.7. The van der Waals surface area contributed by atoms with Crippen LogP contribution >= 0.6 is 11.8 Å². The van der Waals surface area contributed by atoms with Crippen molar-refractivity contribution in [2.24, 2.45) is 0 Å². The van der Waals surface area contributed by atoms with E-state index in [1.807, 2.05) is 84.3 Å². The molecule has 3 aromatic carbocycles. The highest BCUT2D eigenvalue weighted by molar-refractivity contribution is 8.03. The van der Waals surface area contributed by atoms with Crippen LogP contribution in [-0.2, 0) is 21.5 Å². The number of nitrogens with zero attached hydrogens (tertiary/aromatic N) is 2. The van der Waals surface area contributed by atoms with Crippen LogP contribution in [0.15, 0.2) is 86.7 Å². The topological polar surface area (TPSA) is 115 Å². The van der Waals surface area contributed by atoms with Gasteiger partial charge in [0, 0.05) is 17.1 Å². The van der Waals surface area contributed by atoms with E-state index in [4.69, 9.17) is 4.42 Å². The highest BCUT2D eigenvalue weighted by Gasteiger charge is 2.28. The Morgan fingerprint density at radius 2 is 1.89 bits per heavy atom. The molecule has 0 saturated heterocycles. The van der Waals surface area contributed by atoms with Gasteiger partial charge >= 0.3 is 11.9 Å². The van der Waals surface area contributed by atoms with E-state index in [-0.39, 0.29) is 19.5 Å². The molecule has 2 heterocycles. The van der Waals surface area contributed by atoms with Crippen molar-refractivity contribution in [3.63, 3.8) is 0 Å². The van der Waals surface area contributed by atoms with Gasteiger partial charge in [0.05, 0.1) is 32.3 Å². The van der Waals surface area contributed by atoms with Gasteiger partial charge in [-0.3, -0.25) is 4.79 Å². The number of fused-ring (bicyclic) bond motifs is 4. The summed E-state index contributed by atoms with van der Waals surface area (Å²) in [5, 5.41) is 12.3. The Balaban J connectivity index is 1.60. The zero-order valence-corrected chi connectivity index (χ0v) is 22.3. The monoisotopic (exact) mass is 550 g/mol. The maximum atomic E-state index is 11.6. The number of aliphatic carboxylic acids is 1. The van der Waals surface area contributed by atoms with Crippen LogP contribution in [0.3, 0.4) is 0 Å². The van der Waals surface area contributed by atoms with Gasteiger partial charge in [0.1, 0.15) is 6.54 Å². The lowest BCUT2D eigenvalue weighted by Crippen LogP contribution is -2.36. The highest BCUT2D eigenvalue weighted by Crippen LogP contribution is 2.46. The molecule has 0 radical (unpaired) electrons. The van der Waals surface area contributed by atoms with Crippen LogP contribution in [0.4, 0.5) is 5.69 Å². The quantitative estimate of drug-likeness (QED) is 0.225. The van der Waals surface area contributed by atoms with Crippen molar-refractivity contribution < 1.29 is 31.9 Å². The Labute approximate surface area is 224 Å². The van der Waals surface area contributed by atoms with Gasteiger partial charge in [0.25, 0.3) is 5.52 Å². The Bertz CT molecular complexity index is 1710. The number of thioether (sulfide) groups is 1. The first-order valence-corrected chi connectivity index (χ1v) is 14.6. The maximum Gasteiger partial charge on any atom is 0.374 e. The lowest BCUT2D eigenvalue weighted by Gasteiger charge is -2.18. The average molecular weight is 551 g/mol. The lowest BCUT2D eigenvalue weighted by atomic mass is 10.1. The van der Waals surface area contributed by atoms with Crippen molar-refractivity contribution in [1.82, 2.24) is 0 Å². The molecule has 0 aliphatic carbocycles. The molecule has 1 N–H and O–H groups in total. The molecule has 1 aromatic heterocycles. The standard InChI is InChI=1S/C28H26N2O6S2/c1-2-19(17-26-30(18-27(31)32)22-10-5-6-11-24(22)37-26)16-25-29(14-7-15-38(33,34)35)28-21-9-4-3-8-20(21)12-13-23(28)36-25/h3-6,8-13,16-17H,2,7,14-15,18H2,1H3,(H-,31,32,33,34,35). The van der Waals surface area contributed by atoms with Gasteiger partial charge in [-0.2, -0.15) is 4.57 Å². The molecule has 8 nitrogen and oxygen atoms in total. The average Bonchev–Trinajstić information content (AvgIpc) is 3.40. The fraction of sp³-hybridized carbons (Fsp3) is 0.214. The zero-order chi connectivity index (χ0) is 26.9. The molecular weight excluding hydrogens is 524 g/mol. The third kappa shape index (κ3) is 5.47. The number of carbonyl (C=O) groups is 1. The Morgan fingerprint density at radius 3 is 2.66 bits per heavy atom. The van der Waals surface area contributed by atoms with Crippen molar-refractivity contribution in [3.05, 3.63) is 83.2 Å². The van der Waals surface area contributed by atoms with Crippen molar-refractivity contribution in [1.29, 1.82) is 0 Å². The van der Waals surface area contributed by atoms with E-state index >= 15 is 0 Å². The van der Waals surface area contributed by atoms with E-state index < -0.39 is 21.8 Å². The van der Waals surface area contributed by atoms with Crippen molar-refractivity contribution in [3.8, 4) is 0 Å². The molecule has 0 bridgehead atoms. The van der Waals surface area contributed by atoms with Gasteiger partial charge < -0.3 is 19.0 Å². The number of carboxylic acids is 1. The molecule has 5 rings (SSSR count). The third-order valence-electron chi connectivity index (χ3n) is 6.35. The molecule has 0 amide bonds. The van der Waals surface area contributed by atoms with E-state index in [9.17, 15) is 22.9 Å². The fourth-order valence-electron chi connectivity index (χ4n) is 4.62. The molecule has 38 heavy (non-hydrogen) atoms. The summed E-state index contributed by atoms with van der Waals surface area (Å²) in [5.74, 6) is -0.867. The minimum Gasteiger partial charge on any atom is -0.748 e. The van der Waals surface area contributed by atoms with Crippen molar-refractivity contribution in [2.45, 2.75) is 31.2 Å². The van der Waals surface area contributed by atoms with E-state index in [1.54, 1.807) is 4.90 Å². The van der Waals surface area contributed by atoms with Gasteiger partial charge in [0.2, 0.25) is 5.58 Å². The first-order chi connectivity index (χ1) is 18.2. The molecule has 0 unspecified atom stereocenters. The summed E-state index contributed by atoms with van der Waals surface area (Å²) in [6.45, 7) is 2.13. The predicted octanol–water partition coefficient (Wildman–Crippen LogP) is 5.14. The Hall–Kier alpha value is -3.60. The first-order valence-electron chi connectivity index (χ1n) is 12.2. The number of allylic oxidation sites excluding steroid dienone is 2. The number of aryl methyl sites for hydroxylation is 1. The summed E-state index contributed by atoms with van der Waals surface area (Å²) in [6.07, 6.45) is 4.66. The second-order valence-corrected chi connectivity index (χ2v) is 11.5. The minimum absolute atomic E-state index is 0.148. The van der Waals surface area contributed by atoms with Crippen LogP contribution in [-0.4, -0.2) is 36.3 Å². The molecule has 4 aromatic rings. The van der Waals surface area contributed by atoms with Crippen LogP contribution in [0.2, 0.25) is 0 Å². The molecule has 1 aliphatic heterocycles. The van der Waals surface area contributed by atoms with Gasteiger partial charge in [0.15, 0.2) is 6.54 Å². The van der Waals surface area contributed by atoms with Crippen LogP contribution in [0.5, 0.6) is 0 Å². The minimum atomic E-state index is -4.35. The molecule has 1 aliphatic rings. The second-order valence-electron chi connectivity index (χ2n) is 8.95. The number of hydrogen-bond donors (Lipinski definition) is 1. The van der Waals surface area contributed by atoms with Crippen molar-refractivity contribution >= 4 is 61.5 Å². The maximum absolute atomic E-state index is 11.6. The number of para-hydroxylation sites is 1. The van der Waals surface area contributed by atoms with Crippen LogP contribution in [0.25, 0.3) is 27.9 Å². The van der Waals surface area contributed by atoms with E-state index in [2.05, 4.69) is 0 Å².